The maximum atomic E-state index is 12.6. The average Bonchev–Trinajstić information content (AvgIpc) is 3.78. The Morgan fingerprint density at radius 3 is 1.60 bits per heavy atom. The number of nitrogens with zero attached hydrogens (tertiary/aromatic N) is 4. The van der Waals surface area contributed by atoms with Crippen LogP contribution in [0.2, 0.25) is 10.0 Å². The quantitative estimate of drug-likeness (QED) is 0.176. The van der Waals surface area contributed by atoms with E-state index in [0.717, 1.165) is 45.2 Å². The molecular formula is C38H32BBrCl2N4O4S2. The summed E-state index contributed by atoms with van der Waals surface area (Å²) >= 11 is 18.5. The maximum Gasteiger partial charge on any atom is 0.488 e. The summed E-state index contributed by atoms with van der Waals surface area (Å²) in [4.78, 5) is 38.9. The summed E-state index contributed by atoms with van der Waals surface area (Å²) in [5.74, 6) is 0.598. The molecule has 0 radical (unpaired) electrons. The minimum Gasteiger partial charge on any atom is -0.423 e. The second-order valence-electron chi connectivity index (χ2n) is 12.2. The normalized spacial score (nSPS) is 16.2. The van der Waals surface area contributed by atoms with Crippen molar-refractivity contribution in [3.8, 4) is 10.4 Å². The molecule has 2 aliphatic heterocycles. The van der Waals surface area contributed by atoms with Gasteiger partial charge in [0, 0.05) is 78.7 Å². The summed E-state index contributed by atoms with van der Waals surface area (Å²) in [5.41, 5.74) is 6.15. The second-order valence-corrected chi connectivity index (χ2v) is 16.6. The summed E-state index contributed by atoms with van der Waals surface area (Å²) in [6.45, 7) is 1.39. The van der Waals surface area contributed by atoms with E-state index in [-0.39, 0.29) is 23.7 Å². The molecule has 8 nitrogen and oxygen atoms in total. The average molecular weight is 834 g/mol. The van der Waals surface area contributed by atoms with Crippen LogP contribution >= 0.6 is 61.8 Å². The zero-order valence-corrected chi connectivity index (χ0v) is 32.7. The van der Waals surface area contributed by atoms with Crippen molar-refractivity contribution in [3.05, 3.63) is 156 Å². The lowest BCUT2D eigenvalue weighted by atomic mass is 9.81. The fraction of sp³-hybridized carbons (Fsp3) is 0.158. The highest BCUT2D eigenvalue weighted by molar-refractivity contribution is 9.11. The van der Waals surface area contributed by atoms with Gasteiger partial charge in [0.2, 0.25) is 0 Å². The van der Waals surface area contributed by atoms with Gasteiger partial charge in [0.1, 0.15) is 0 Å². The maximum absolute atomic E-state index is 12.6. The number of hydrogen-bond acceptors (Lipinski definition) is 8. The smallest absolute Gasteiger partial charge is 0.423 e. The number of hydrogen-bond donors (Lipinski definition) is 2. The van der Waals surface area contributed by atoms with Crippen LogP contribution in [0.4, 0.5) is 0 Å². The third-order valence-corrected chi connectivity index (χ3v) is 12.1. The fourth-order valence-electron chi connectivity index (χ4n) is 6.04. The third-order valence-electron chi connectivity index (χ3n) is 8.75. The molecule has 0 saturated carbocycles. The molecular weight excluding hydrogens is 802 g/mol. The molecule has 2 atom stereocenters. The number of aromatic nitrogens is 2. The summed E-state index contributed by atoms with van der Waals surface area (Å²) in [6.07, 6.45) is 6.57. The molecule has 0 spiro atoms. The largest absolute Gasteiger partial charge is 0.488 e. The van der Waals surface area contributed by atoms with Crippen LogP contribution < -0.4 is 5.46 Å². The SMILES string of the molecule is CN1CC(c2ccc(Cl)cc2)c2cc(-c3ccncc3)sc2C1=O.CN1CC(c2ccc(Cl)cc2)c2cc(Br)sc2C1=O.OB(O)c1ccncc1. The minimum atomic E-state index is -1.38. The zero-order valence-electron chi connectivity index (χ0n) is 28.0. The zero-order chi connectivity index (χ0) is 36.9. The molecule has 6 aromatic rings. The highest BCUT2D eigenvalue weighted by atomic mass is 79.9. The molecule has 0 saturated heterocycles. The van der Waals surface area contributed by atoms with Crippen molar-refractivity contribution in [1.29, 1.82) is 0 Å². The van der Waals surface area contributed by atoms with Gasteiger partial charge in [-0.3, -0.25) is 19.6 Å². The Bertz CT molecular complexity index is 2150. The Kier molecular flexibility index (Phi) is 12.3. The van der Waals surface area contributed by atoms with Crippen LogP contribution in [0.25, 0.3) is 10.4 Å². The van der Waals surface area contributed by atoms with Gasteiger partial charge in [-0.15, -0.1) is 22.7 Å². The monoisotopic (exact) mass is 832 g/mol. The van der Waals surface area contributed by atoms with Crippen LogP contribution in [0, 0.1) is 0 Å². The first-order valence-corrected chi connectivity index (χ1v) is 19.3. The number of carbonyl (C=O) groups excluding carboxylic acids is 2. The minimum absolute atomic E-state index is 0.0977. The highest BCUT2D eigenvalue weighted by Gasteiger charge is 2.34. The van der Waals surface area contributed by atoms with Crippen LogP contribution in [0.1, 0.15) is 53.4 Å². The van der Waals surface area contributed by atoms with Gasteiger partial charge >= 0.3 is 7.12 Å². The van der Waals surface area contributed by atoms with E-state index in [4.69, 9.17) is 33.2 Å². The van der Waals surface area contributed by atoms with Gasteiger partial charge in [-0.1, -0.05) is 47.5 Å². The topological polar surface area (TPSA) is 107 Å². The molecule has 0 bridgehead atoms. The first kappa shape index (κ1) is 37.9. The van der Waals surface area contributed by atoms with Crippen LogP contribution in [-0.2, 0) is 0 Å². The van der Waals surface area contributed by atoms with Gasteiger partial charge in [-0.2, -0.15) is 0 Å². The molecule has 8 rings (SSSR count). The summed E-state index contributed by atoms with van der Waals surface area (Å²) in [5, 5.41) is 18.6. The van der Waals surface area contributed by atoms with Crippen molar-refractivity contribution < 1.29 is 19.6 Å². The number of amides is 2. The second kappa shape index (κ2) is 16.9. The number of likely N-dealkylation sites (N-methyl/N-ethyl adjacent to an activating group) is 2. The van der Waals surface area contributed by atoms with E-state index < -0.39 is 7.12 Å². The number of fused-ring (bicyclic) bond motifs is 2. The number of pyridine rings is 2. The molecule has 2 unspecified atom stereocenters. The highest BCUT2D eigenvalue weighted by Crippen LogP contribution is 2.42. The van der Waals surface area contributed by atoms with Gasteiger partial charge in [0.05, 0.1) is 13.5 Å². The predicted molar refractivity (Wildman–Crippen MR) is 214 cm³/mol. The number of thiophene rings is 2. The molecule has 2 aliphatic rings. The van der Waals surface area contributed by atoms with E-state index in [0.29, 0.717) is 18.6 Å². The van der Waals surface area contributed by atoms with Crippen molar-refractivity contribution in [2.45, 2.75) is 11.8 Å². The molecule has 0 aliphatic carbocycles. The Balaban J connectivity index is 0.000000147. The first-order chi connectivity index (χ1) is 25.0. The van der Waals surface area contributed by atoms with Crippen molar-refractivity contribution in [1.82, 2.24) is 19.8 Å². The number of rotatable bonds is 4. The molecule has 264 valence electrons. The van der Waals surface area contributed by atoms with E-state index in [2.05, 4.69) is 38.0 Å². The number of halogens is 3. The molecule has 52 heavy (non-hydrogen) atoms. The van der Waals surface area contributed by atoms with Crippen LogP contribution in [0.5, 0.6) is 0 Å². The van der Waals surface area contributed by atoms with Crippen molar-refractivity contribution >= 4 is 86.2 Å². The molecule has 2 N–H and O–H groups in total. The van der Waals surface area contributed by atoms with Crippen LogP contribution in [0.3, 0.4) is 0 Å². The van der Waals surface area contributed by atoms with E-state index in [1.165, 1.54) is 34.9 Å². The van der Waals surface area contributed by atoms with Gasteiger partial charge in [-0.25, -0.2) is 0 Å². The lowest BCUT2D eigenvalue weighted by molar-refractivity contribution is 0.0770. The van der Waals surface area contributed by atoms with Crippen LogP contribution in [0.15, 0.2) is 114 Å². The molecule has 2 amide bonds. The summed E-state index contributed by atoms with van der Waals surface area (Å²) in [6, 6.07) is 27.0. The van der Waals surface area contributed by atoms with Gasteiger partial charge in [0.25, 0.3) is 11.8 Å². The standard InChI is InChI=1S/C19H15ClN2OS.C14H11BrClNOS.C5H6BNO2/c1-22-11-16(12-2-4-14(20)5-3-12)15-10-17(24-18(15)19(22)23)13-6-8-21-9-7-13;1-17-7-11(8-2-4-9(16)5-3-8)10-6-12(15)19-13(10)14(17)18;8-6(9)5-1-3-7-4-2-5/h2-10,16H,11H2,1H3;2-6,11H,7H2,1H3;1-4,8-9H. The molecule has 6 heterocycles. The van der Waals surface area contributed by atoms with Crippen LogP contribution in [-0.4, -0.2) is 75.9 Å². The number of benzene rings is 2. The fourth-order valence-corrected chi connectivity index (χ4v) is 9.19. The summed E-state index contributed by atoms with van der Waals surface area (Å²) in [7, 11) is 2.33. The molecule has 2 aromatic carbocycles. The Morgan fingerprint density at radius 2 is 1.13 bits per heavy atom. The number of carbonyl (C=O) groups is 2. The van der Waals surface area contributed by atoms with Crippen molar-refractivity contribution in [2.24, 2.45) is 0 Å². The van der Waals surface area contributed by atoms with Gasteiger partial charge < -0.3 is 19.8 Å². The van der Waals surface area contributed by atoms with E-state index in [1.807, 2.05) is 74.8 Å². The van der Waals surface area contributed by atoms with E-state index in [9.17, 15) is 9.59 Å². The Labute approximate surface area is 328 Å². The van der Waals surface area contributed by atoms with Gasteiger partial charge in [-0.05, 0) is 110 Å². The van der Waals surface area contributed by atoms with E-state index >= 15 is 0 Å². The Hall–Kier alpha value is -3.88. The Morgan fingerprint density at radius 1 is 0.692 bits per heavy atom. The lowest BCUT2D eigenvalue weighted by Gasteiger charge is -2.30. The van der Waals surface area contributed by atoms with Crippen molar-refractivity contribution in [3.63, 3.8) is 0 Å². The van der Waals surface area contributed by atoms with E-state index in [1.54, 1.807) is 45.7 Å². The third kappa shape index (κ3) is 8.66. The van der Waals surface area contributed by atoms with Crippen molar-refractivity contribution in [2.75, 3.05) is 27.2 Å². The predicted octanol–water partition coefficient (Wildman–Crippen LogP) is 7.82. The molecule has 0 fully saturated rings. The first-order valence-electron chi connectivity index (χ1n) is 16.1. The van der Waals surface area contributed by atoms with Gasteiger partial charge in [0.15, 0.2) is 0 Å². The molecule has 4 aromatic heterocycles. The summed E-state index contributed by atoms with van der Waals surface area (Å²) < 4.78 is 1.00. The molecule has 14 heteroatoms. The lowest BCUT2D eigenvalue weighted by Crippen LogP contribution is -2.36.